The third kappa shape index (κ3) is 8.26. The number of rotatable bonds is 10. The summed E-state index contributed by atoms with van der Waals surface area (Å²) in [7, 11) is 0. The summed E-state index contributed by atoms with van der Waals surface area (Å²) in [6, 6.07) is 92.8. The zero-order chi connectivity index (χ0) is 49.2. The zero-order valence-electron chi connectivity index (χ0n) is 40.1. The van der Waals surface area contributed by atoms with E-state index in [1.807, 2.05) is 72.8 Å². The Morgan fingerprint density at radius 2 is 0.419 bits per heavy atom. The summed E-state index contributed by atoms with van der Waals surface area (Å²) < 4.78 is 0. The van der Waals surface area contributed by atoms with Crippen molar-refractivity contribution in [1.82, 2.24) is 29.9 Å². The Morgan fingerprint density at radius 1 is 0.162 bits per heavy atom. The summed E-state index contributed by atoms with van der Waals surface area (Å²) in [4.78, 5) is 31.6. The highest BCUT2D eigenvalue weighted by atomic mass is 15.0. The van der Waals surface area contributed by atoms with Crippen LogP contribution in [-0.4, -0.2) is 29.9 Å². The van der Waals surface area contributed by atoms with Crippen LogP contribution in [0.15, 0.2) is 267 Å². The van der Waals surface area contributed by atoms with E-state index < -0.39 is 0 Å². The Morgan fingerprint density at radius 3 is 0.770 bits per heavy atom. The molecule has 6 nitrogen and oxygen atoms in total. The molecular formula is C68H44N6. The Labute approximate surface area is 429 Å². The molecule has 2 heterocycles. The molecule has 13 rings (SSSR count). The smallest absolute Gasteiger partial charge is 0.164 e. The van der Waals surface area contributed by atoms with E-state index in [9.17, 15) is 0 Å². The van der Waals surface area contributed by atoms with E-state index in [2.05, 4.69) is 194 Å². The van der Waals surface area contributed by atoms with Gasteiger partial charge in [0.05, 0.1) is 0 Å². The lowest BCUT2D eigenvalue weighted by molar-refractivity contribution is 1.07. The van der Waals surface area contributed by atoms with Gasteiger partial charge in [-0.2, -0.15) is 0 Å². The van der Waals surface area contributed by atoms with Crippen molar-refractivity contribution in [2.24, 2.45) is 0 Å². The lowest BCUT2D eigenvalue weighted by Gasteiger charge is -2.24. The Balaban J connectivity index is 1.17. The van der Waals surface area contributed by atoms with Gasteiger partial charge in [-0.25, -0.2) is 29.9 Å². The van der Waals surface area contributed by atoms with Crippen molar-refractivity contribution in [2.45, 2.75) is 0 Å². The number of fused-ring (bicyclic) bond motifs is 2. The van der Waals surface area contributed by atoms with E-state index in [4.69, 9.17) is 29.9 Å². The van der Waals surface area contributed by atoms with E-state index in [-0.39, 0.29) is 0 Å². The largest absolute Gasteiger partial charge is 0.208 e. The molecular weight excluding hydrogens is 901 g/mol. The third-order valence-corrected chi connectivity index (χ3v) is 13.6. The van der Waals surface area contributed by atoms with Gasteiger partial charge in [-0.15, -0.1) is 0 Å². The number of hydrogen-bond acceptors (Lipinski definition) is 6. The topological polar surface area (TPSA) is 77.3 Å². The van der Waals surface area contributed by atoms with Gasteiger partial charge in [-0.1, -0.05) is 267 Å². The first-order chi connectivity index (χ1) is 36.7. The molecule has 0 amide bonds. The van der Waals surface area contributed by atoms with Crippen molar-refractivity contribution in [3.8, 4) is 113 Å². The molecule has 0 radical (unpaired) electrons. The molecule has 0 aliphatic rings. The van der Waals surface area contributed by atoms with Gasteiger partial charge in [0.15, 0.2) is 34.9 Å². The molecule has 0 fully saturated rings. The highest BCUT2D eigenvalue weighted by Crippen LogP contribution is 2.51. The minimum absolute atomic E-state index is 0.560. The Hall–Kier alpha value is -10.0. The molecule has 0 saturated heterocycles. The third-order valence-electron chi connectivity index (χ3n) is 13.6. The number of hydrogen-bond donors (Lipinski definition) is 0. The first kappa shape index (κ1) is 43.9. The van der Waals surface area contributed by atoms with E-state index in [1.165, 1.54) is 0 Å². The first-order valence-electron chi connectivity index (χ1n) is 24.8. The number of aromatic nitrogens is 6. The quantitative estimate of drug-likeness (QED) is 0.136. The SMILES string of the molecule is c1ccc(-c2nc(-c3ccccc3)nc(-c3ccccc3-c3c(-c4cccc5ccccc45)ccc(-c4cccc5ccccc45)c3-c3ccccc3-c3nc(-c4ccccc4)nc(-c4ccccc4)n3)n2)cc1. The van der Waals surface area contributed by atoms with Crippen LogP contribution in [0.5, 0.6) is 0 Å². The molecule has 6 heteroatoms. The summed E-state index contributed by atoms with van der Waals surface area (Å²) in [5.74, 6) is 3.48. The predicted octanol–water partition coefficient (Wildman–Crippen LogP) is 17.0. The van der Waals surface area contributed by atoms with Crippen molar-refractivity contribution in [1.29, 1.82) is 0 Å². The highest BCUT2D eigenvalue weighted by Gasteiger charge is 2.27. The van der Waals surface area contributed by atoms with E-state index >= 15 is 0 Å². The van der Waals surface area contributed by atoms with Crippen LogP contribution in [0.25, 0.3) is 134 Å². The van der Waals surface area contributed by atoms with Crippen LogP contribution in [0.1, 0.15) is 0 Å². The normalized spacial score (nSPS) is 11.2. The monoisotopic (exact) mass is 944 g/mol. The lowest BCUT2D eigenvalue weighted by Crippen LogP contribution is -2.03. The van der Waals surface area contributed by atoms with Gasteiger partial charge >= 0.3 is 0 Å². The highest BCUT2D eigenvalue weighted by molar-refractivity contribution is 6.12. The van der Waals surface area contributed by atoms with Crippen LogP contribution in [0.4, 0.5) is 0 Å². The summed E-state index contributed by atoms with van der Waals surface area (Å²) in [5.41, 5.74) is 13.5. The van der Waals surface area contributed by atoms with Crippen LogP contribution >= 0.6 is 0 Å². The van der Waals surface area contributed by atoms with Crippen molar-refractivity contribution >= 4 is 21.5 Å². The van der Waals surface area contributed by atoms with Crippen LogP contribution in [0, 0.1) is 0 Å². The second-order valence-corrected chi connectivity index (χ2v) is 18.1. The Kier molecular flexibility index (Phi) is 11.4. The zero-order valence-corrected chi connectivity index (χ0v) is 40.1. The van der Waals surface area contributed by atoms with Crippen LogP contribution in [0.3, 0.4) is 0 Å². The minimum Gasteiger partial charge on any atom is -0.208 e. The molecule has 346 valence electrons. The van der Waals surface area contributed by atoms with Crippen molar-refractivity contribution in [2.75, 3.05) is 0 Å². The summed E-state index contributed by atoms with van der Waals surface area (Å²) >= 11 is 0. The van der Waals surface area contributed by atoms with Crippen LogP contribution < -0.4 is 0 Å². The van der Waals surface area contributed by atoms with E-state index in [1.54, 1.807) is 0 Å². The molecule has 0 unspecified atom stereocenters. The molecule has 0 spiro atoms. The fourth-order valence-electron chi connectivity index (χ4n) is 10.2. The maximum atomic E-state index is 5.35. The molecule has 2 aromatic heterocycles. The van der Waals surface area contributed by atoms with Gasteiger partial charge < -0.3 is 0 Å². The van der Waals surface area contributed by atoms with Gasteiger partial charge in [0.2, 0.25) is 0 Å². The molecule has 0 atom stereocenters. The molecule has 0 saturated carbocycles. The fourth-order valence-corrected chi connectivity index (χ4v) is 10.2. The predicted molar refractivity (Wildman–Crippen MR) is 303 cm³/mol. The second-order valence-electron chi connectivity index (χ2n) is 18.1. The summed E-state index contributed by atoms with van der Waals surface area (Å²) in [6.45, 7) is 0. The second kappa shape index (κ2) is 19.3. The Bertz CT molecular complexity index is 3780. The van der Waals surface area contributed by atoms with E-state index in [0.29, 0.717) is 34.9 Å². The average molecular weight is 945 g/mol. The van der Waals surface area contributed by atoms with Gasteiger partial charge in [-0.3, -0.25) is 0 Å². The van der Waals surface area contributed by atoms with Gasteiger partial charge in [0, 0.05) is 33.4 Å². The fraction of sp³-hybridized carbons (Fsp3) is 0. The molecule has 0 aliphatic carbocycles. The average Bonchev–Trinajstić information content (AvgIpc) is 3.52. The minimum atomic E-state index is 0.560. The molecule has 11 aromatic carbocycles. The summed E-state index contributed by atoms with van der Waals surface area (Å²) in [6.07, 6.45) is 0. The maximum absolute atomic E-state index is 5.35. The molecule has 0 bridgehead atoms. The number of benzene rings is 11. The van der Waals surface area contributed by atoms with Crippen molar-refractivity contribution in [3.63, 3.8) is 0 Å². The molecule has 0 aliphatic heterocycles. The molecule has 0 N–H and O–H groups in total. The standard InChI is InChI=1S/C68H44N6/c1-5-25-47(26-6-1)63-69-64(48-27-7-2-8-28-48)72-67(71-63)59-39-19-17-37-55(59)61-57(53-41-21-33-45-23-13-15-35-51(45)53)43-44-58(54-42-22-34-46-24-14-16-36-52(46)54)62(61)56-38-18-20-40-60(56)68-73-65(49-29-9-3-10-30-49)70-66(74-68)50-31-11-4-12-32-50/h1-44H. The van der Waals surface area contributed by atoms with Crippen LogP contribution in [0.2, 0.25) is 0 Å². The van der Waals surface area contributed by atoms with Gasteiger partial charge in [0.1, 0.15) is 0 Å². The summed E-state index contributed by atoms with van der Waals surface area (Å²) in [5, 5.41) is 4.57. The van der Waals surface area contributed by atoms with Crippen LogP contribution in [-0.2, 0) is 0 Å². The first-order valence-corrected chi connectivity index (χ1v) is 24.8. The van der Waals surface area contributed by atoms with Crippen molar-refractivity contribution in [3.05, 3.63) is 267 Å². The van der Waals surface area contributed by atoms with Gasteiger partial charge in [0.25, 0.3) is 0 Å². The lowest BCUT2D eigenvalue weighted by atomic mass is 9.79. The van der Waals surface area contributed by atoms with Crippen molar-refractivity contribution < 1.29 is 0 Å². The van der Waals surface area contributed by atoms with Gasteiger partial charge in [-0.05, 0) is 66.1 Å². The number of nitrogens with zero attached hydrogens (tertiary/aromatic N) is 6. The maximum Gasteiger partial charge on any atom is 0.164 e. The van der Waals surface area contributed by atoms with E-state index in [0.717, 1.165) is 99.4 Å². The molecule has 74 heavy (non-hydrogen) atoms. The molecule has 13 aromatic rings.